The van der Waals surface area contributed by atoms with Crippen molar-refractivity contribution < 1.29 is 23.0 Å². The van der Waals surface area contributed by atoms with Gasteiger partial charge in [0.15, 0.2) is 5.79 Å². The van der Waals surface area contributed by atoms with Crippen LogP contribution in [-0.2, 0) is 19.3 Å². The van der Waals surface area contributed by atoms with Crippen LogP contribution >= 0.6 is 0 Å². The Bertz CT molecular complexity index is 338. The second-order valence-corrected chi connectivity index (χ2v) is 6.98. The molecule has 2 fully saturated rings. The van der Waals surface area contributed by atoms with Gasteiger partial charge in [-0.3, -0.25) is 0 Å². The van der Waals surface area contributed by atoms with Crippen molar-refractivity contribution in [3.05, 3.63) is 0 Å². The maximum atomic E-state index is 11.3. The van der Waals surface area contributed by atoms with E-state index in [1.54, 1.807) is 0 Å². The smallest absolute Gasteiger partial charge is 0.169 e. The molecule has 0 aromatic rings. The van der Waals surface area contributed by atoms with Crippen LogP contribution in [0.1, 0.15) is 19.8 Å². The monoisotopic (exact) mass is 250 g/mol. The molecule has 0 aromatic carbocycles. The summed E-state index contributed by atoms with van der Waals surface area (Å²) in [4.78, 5) is 0. The zero-order valence-electron chi connectivity index (χ0n) is 9.39. The fraction of sp³-hybridized carbons (Fsp3) is 1.00. The number of sulfone groups is 1. The van der Waals surface area contributed by atoms with Crippen molar-refractivity contribution in [2.75, 3.05) is 24.7 Å². The third kappa shape index (κ3) is 2.40. The predicted molar refractivity (Wildman–Crippen MR) is 57.7 cm³/mol. The van der Waals surface area contributed by atoms with Gasteiger partial charge >= 0.3 is 0 Å². The Balaban J connectivity index is 1.99. The van der Waals surface area contributed by atoms with Gasteiger partial charge in [-0.2, -0.15) is 0 Å². The first kappa shape index (κ1) is 12.3. The molecule has 2 rings (SSSR count). The molecule has 2 unspecified atom stereocenters. The highest BCUT2D eigenvalue weighted by Gasteiger charge is 2.45. The molecule has 94 valence electrons. The molecule has 2 heterocycles. The lowest BCUT2D eigenvalue weighted by atomic mass is 9.94. The Hall–Kier alpha value is -0.170. The van der Waals surface area contributed by atoms with E-state index in [2.05, 4.69) is 0 Å². The lowest BCUT2D eigenvalue weighted by Crippen LogP contribution is -2.41. The Morgan fingerprint density at radius 1 is 1.38 bits per heavy atom. The van der Waals surface area contributed by atoms with Crippen molar-refractivity contribution in [2.24, 2.45) is 5.92 Å². The second-order valence-electron chi connectivity index (χ2n) is 4.68. The van der Waals surface area contributed by atoms with E-state index in [1.165, 1.54) is 0 Å². The molecule has 2 aliphatic rings. The van der Waals surface area contributed by atoms with E-state index in [4.69, 9.17) is 14.6 Å². The van der Waals surface area contributed by atoms with Crippen LogP contribution in [0.25, 0.3) is 0 Å². The number of aliphatic hydroxyl groups excluding tert-OH is 1. The molecule has 0 radical (unpaired) electrons. The van der Waals surface area contributed by atoms with Crippen molar-refractivity contribution in [3.63, 3.8) is 0 Å². The van der Waals surface area contributed by atoms with Crippen LogP contribution in [0, 0.1) is 5.92 Å². The molecule has 2 aliphatic heterocycles. The number of hydrogen-bond donors (Lipinski definition) is 1. The molecule has 0 saturated carbocycles. The summed E-state index contributed by atoms with van der Waals surface area (Å²) in [6, 6.07) is 0. The minimum atomic E-state index is -2.85. The van der Waals surface area contributed by atoms with Gasteiger partial charge in [-0.25, -0.2) is 8.42 Å². The van der Waals surface area contributed by atoms with E-state index in [9.17, 15) is 8.42 Å². The molecular weight excluding hydrogens is 232 g/mol. The number of hydrogen-bond acceptors (Lipinski definition) is 5. The fourth-order valence-electron chi connectivity index (χ4n) is 2.38. The van der Waals surface area contributed by atoms with Crippen molar-refractivity contribution in [3.8, 4) is 0 Å². The molecule has 2 atom stereocenters. The van der Waals surface area contributed by atoms with E-state index < -0.39 is 15.6 Å². The molecule has 0 amide bonds. The zero-order chi connectivity index (χ0) is 11.8. The number of ether oxygens (including phenoxy) is 2. The van der Waals surface area contributed by atoms with E-state index >= 15 is 0 Å². The van der Waals surface area contributed by atoms with Crippen LogP contribution < -0.4 is 0 Å². The molecule has 0 aromatic heterocycles. The van der Waals surface area contributed by atoms with Crippen molar-refractivity contribution in [1.82, 2.24) is 0 Å². The first-order valence-electron chi connectivity index (χ1n) is 5.58. The van der Waals surface area contributed by atoms with Crippen LogP contribution in [0.15, 0.2) is 0 Å². The van der Waals surface area contributed by atoms with Crippen LogP contribution in [0.3, 0.4) is 0 Å². The van der Waals surface area contributed by atoms with Gasteiger partial charge in [0.05, 0.1) is 24.7 Å². The highest BCUT2D eigenvalue weighted by Crippen LogP contribution is 2.37. The number of rotatable bonds is 2. The molecule has 5 nitrogen and oxygen atoms in total. The molecule has 0 bridgehead atoms. The maximum Gasteiger partial charge on any atom is 0.169 e. The van der Waals surface area contributed by atoms with Crippen LogP contribution in [0.5, 0.6) is 0 Å². The minimum absolute atomic E-state index is 0.0550. The summed E-state index contributed by atoms with van der Waals surface area (Å²) in [5, 5.41) is 8.98. The van der Waals surface area contributed by atoms with Gasteiger partial charge in [0.2, 0.25) is 0 Å². The summed E-state index contributed by atoms with van der Waals surface area (Å²) in [6.45, 7) is 2.17. The quantitative estimate of drug-likeness (QED) is 0.743. The third-order valence-electron chi connectivity index (χ3n) is 3.46. The van der Waals surface area contributed by atoms with E-state index in [1.807, 2.05) is 6.92 Å². The van der Waals surface area contributed by atoms with Gasteiger partial charge in [0.1, 0.15) is 15.9 Å². The normalized spacial score (nSPS) is 40.0. The van der Waals surface area contributed by atoms with Crippen molar-refractivity contribution in [2.45, 2.75) is 31.7 Å². The van der Waals surface area contributed by atoms with Crippen LogP contribution in [-0.4, -0.2) is 50.1 Å². The summed E-state index contributed by atoms with van der Waals surface area (Å²) < 4.78 is 33.8. The van der Waals surface area contributed by atoms with E-state index in [-0.39, 0.29) is 30.1 Å². The Kier molecular flexibility index (Phi) is 3.27. The Morgan fingerprint density at radius 2 is 2.00 bits per heavy atom. The summed E-state index contributed by atoms with van der Waals surface area (Å²) in [5.41, 5.74) is 0. The highest BCUT2D eigenvalue weighted by atomic mass is 32.2. The lowest BCUT2D eigenvalue weighted by molar-refractivity contribution is -0.195. The maximum absolute atomic E-state index is 11.3. The Morgan fingerprint density at radius 3 is 2.50 bits per heavy atom. The molecule has 6 heteroatoms. The molecule has 0 spiro atoms. The average Bonchev–Trinajstić information content (AvgIpc) is 2.61. The summed E-state index contributed by atoms with van der Waals surface area (Å²) in [7, 11) is -2.85. The third-order valence-corrected chi connectivity index (χ3v) is 5.17. The molecule has 0 aliphatic carbocycles. The summed E-state index contributed by atoms with van der Waals surface area (Å²) >= 11 is 0. The minimum Gasteiger partial charge on any atom is -0.394 e. The Labute approximate surface area is 95.7 Å². The first-order valence-corrected chi connectivity index (χ1v) is 7.40. The fourth-order valence-corrected chi connectivity index (χ4v) is 3.87. The van der Waals surface area contributed by atoms with Gasteiger partial charge in [-0.05, 0) is 19.8 Å². The van der Waals surface area contributed by atoms with Crippen LogP contribution in [0.4, 0.5) is 0 Å². The summed E-state index contributed by atoms with van der Waals surface area (Å²) in [5.74, 6) is -0.191. The molecule has 1 N–H and O–H groups in total. The molecule has 2 saturated heterocycles. The highest BCUT2D eigenvalue weighted by molar-refractivity contribution is 7.91. The van der Waals surface area contributed by atoms with E-state index in [0.29, 0.717) is 19.4 Å². The average molecular weight is 250 g/mol. The topological polar surface area (TPSA) is 72.8 Å². The second kappa shape index (κ2) is 4.25. The van der Waals surface area contributed by atoms with Gasteiger partial charge in [-0.15, -0.1) is 0 Å². The summed E-state index contributed by atoms with van der Waals surface area (Å²) in [6.07, 6.45) is 0.886. The molecular formula is C10H18O5S. The van der Waals surface area contributed by atoms with Gasteiger partial charge in [0.25, 0.3) is 0 Å². The predicted octanol–water partition coefficient (Wildman–Crippen LogP) is -0.0649. The zero-order valence-corrected chi connectivity index (χ0v) is 10.2. The largest absolute Gasteiger partial charge is 0.394 e. The van der Waals surface area contributed by atoms with Crippen molar-refractivity contribution in [1.29, 1.82) is 0 Å². The number of aliphatic hydroxyl groups is 1. The van der Waals surface area contributed by atoms with Gasteiger partial charge in [-0.1, -0.05) is 0 Å². The first-order chi connectivity index (χ1) is 7.45. The van der Waals surface area contributed by atoms with Gasteiger partial charge < -0.3 is 14.6 Å². The standard InChI is InChI=1S/C10H18O5S/c1-10(14-7-9(6-11)15-10)8-2-4-16(12,13)5-3-8/h8-9,11H,2-7H2,1H3. The van der Waals surface area contributed by atoms with E-state index in [0.717, 1.165) is 0 Å². The SMILES string of the molecule is CC1(C2CCS(=O)(=O)CC2)OCC(CO)O1. The molecule has 16 heavy (non-hydrogen) atoms. The van der Waals surface area contributed by atoms with Crippen molar-refractivity contribution >= 4 is 9.84 Å². The van der Waals surface area contributed by atoms with Crippen LogP contribution in [0.2, 0.25) is 0 Å². The lowest BCUT2D eigenvalue weighted by Gasteiger charge is -2.35. The van der Waals surface area contributed by atoms with Gasteiger partial charge in [0, 0.05) is 5.92 Å².